The molecule has 10 heteroatoms. The number of sulfone groups is 1. The molecule has 0 spiro atoms. The van der Waals surface area contributed by atoms with Gasteiger partial charge in [-0.25, -0.2) is 21.6 Å². The maximum absolute atomic E-state index is 12.2. The molecule has 0 aliphatic rings. The molecule has 0 aliphatic heterocycles. The maximum Gasteiger partial charge on any atom is 0.289 e. The number of nitrogens with one attached hydrogen (secondary N) is 1. The molecule has 8 nitrogen and oxygen atoms in total. The van der Waals surface area contributed by atoms with E-state index < -0.39 is 35.4 Å². The standard InChI is InChI=1S/C14H14N2O6S2/c1-23(19,20)12-8-6-11(7-9-12)10-15-24(21,22)14-5-3-2-4-13(14)16(17)18/h2-9,15H,10H2,1H3. The fourth-order valence-electron chi connectivity index (χ4n) is 1.95. The van der Waals surface area contributed by atoms with Gasteiger partial charge in [-0.3, -0.25) is 10.1 Å². The smallest absolute Gasteiger partial charge is 0.258 e. The molecule has 2 aromatic rings. The van der Waals surface area contributed by atoms with Crippen molar-refractivity contribution in [3.8, 4) is 0 Å². The van der Waals surface area contributed by atoms with Crippen molar-refractivity contribution in [1.82, 2.24) is 4.72 Å². The number of para-hydroxylation sites is 1. The molecule has 2 rings (SSSR count). The van der Waals surface area contributed by atoms with E-state index in [2.05, 4.69) is 4.72 Å². The third kappa shape index (κ3) is 4.16. The number of benzene rings is 2. The number of hydrogen-bond donors (Lipinski definition) is 1. The van der Waals surface area contributed by atoms with Crippen LogP contribution in [0.5, 0.6) is 0 Å². The van der Waals surface area contributed by atoms with E-state index in [4.69, 9.17) is 0 Å². The van der Waals surface area contributed by atoms with Crippen molar-refractivity contribution in [2.45, 2.75) is 16.3 Å². The zero-order valence-electron chi connectivity index (χ0n) is 12.5. The van der Waals surface area contributed by atoms with Crippen LogP contribution in [0.25, 0.3) is 0 Å². The van der Waals surface area contributed by atoms with Crippen LogP contribution >= 0.6 is 0 Å². The van der Waals surface area contributed by atoms with E-state index in [1.807, 2.05) is 0 Å². The van der Waals surface area contributed by atoms with Gasteiger partial charge in [0.25, 0.3) is 5.69 Å². The van der Waals surface area contributed by atoms with E-state index in [0.717, 1.165) is 18.4 Å². The van der Waals surface area contributed by atoms with Crippen molar-refractivity contribution < 1.29 is 21.8 Å². The highest BCUT2D eigenvalue weighted by atomic mass is 32.2. The lowest BCUT2D eigenvalue weighted by molar-refractivity contribution is -0.387. The lowest BCUT2D eigenvalue weighted by Gasteiger charge is -2.08. The Labute approximate surface area is 139 Å². The highest BCUT2D eigenvalue weighted by molar-refractivity contribution is 7.90. The largest absolute Gasteiger partial charge is 0.289 e. The first-order valence-corrected chi connectivity index (χ1v) is 10.0. The number of rotatable bonds is 6. The normalized spacial score (nSPS) is 12.0. The second-order valence-electron chi connectivity index (χ2n) is 4.97. The lowest BCUT2D eigenvalue weighted by atomic mass is 10.2. The van der Waals surface area contributed by atoms with Gasteiger partial charge in [0.15, 0.2) is 14.7 Å². The number of nitrogens with zero attached hydrogens (tertiary/aromatic N) is 1. The molecule has 0 bridgehead atoms. The fourth-order valence-corrected chi connectivity index (χ4v) is 3.76. The summed E-state index contributed by atoms with van der Waals surface area (Å²) in [5, 5.41) is 10.9. The Balaban J connectivity index is 2.21. The Morgan fingerprint density at radius 1 is 1.00 bits per heavy atom. The molecule has 24 heavy (non-hydrogen) atoms. The molecule has 2 aromatic carbocycles. The van der Waals surface area contributed by atoms with Crippen LogP contribution in [0.1, 0.15) is 5.56 Å². The molecule has 0 saturated heterocycles. The van der Waals surface area contributed by atoms with Crippen LogP contribution in [-0.4, -0.2) is 28.0 Å². The molecule has 0 amide bonds. The van der Waals surface area contributed by atoms with E-state index >= 15 is 0 Å². The molecular formula is C14H14N2O6S2. The molecule has 0 aliphatic carbocycles. The number of nitro groups is 1. The predicted octanol–water partition coefficient (Wildman–Crippen LogP) is 1.48. The van der Waals surface area contributed by atoms with Gasteiger partial charge in [-0.15, -0.1) is 0 Å². The molecule has 0 aromatic heterocycles. The van der Waals surface area contributed by atoms with Crippen LogP contribution in [0.2, 0.25) is 0 Å². The molecule has 128 valence electrons. The highest BCUT2D eigenvalue weighted by Crippen LogP contribution is 2.23. The first kappa shape index (κ1) is 18.0. The van der Waals surface area contributed by atoms with Crippen LogP contribution in [0.4, 0.5) is 5.69 Å². The molecule has 0 saturated carbocycles. The van der Waals surface area contributed by atoms with Gasteiger partial charge in [-0.2, -0.15) is 0 Å². The van der Waals surface area contributed by atoms with Crippen LogP contribution in [0.3, 0.4) is 0 Å². The summed E-state index contributed by atoms with van der Waals surface area (Å²) >= 11 is 0. The van der Waals surface area contributed by atoms with E-state index in [9.17, 15) is 26.9 Å². The molecular weight excluding hydrogens is 356 g/mol. The fraction of sp³-hybridized carbons (Fsp3) is 0.143. The number of sulfonamides is 1. The SMILES string of the molecule is CS(=O)(=O)c1ccc(CNS(=O)(=O)c2ccccc2[N+](=O)[O-])cc1. The third-order valence-electron chi connectivity index (χ3n) is 3.17. The molecule has 0 radical (unpaired) electrons. The molecule has 0 atom stereocenters. The minimum Gasteiger partial charge on any atom is -0.258 e. The van der Waals surface area contributed by atoms with E-state index in [1.165, 1.54) is 36.4 Å². The van der Waals surface area contributed by atoms with Crippen LogP contribution < -0.4 is 4.72 Å². The first-order chi connectivity index (χ1) is 11.1. The van der Waals surface area contributed by atoms with Crippen LogP contribution in [0.15, 0.2) is 58.3 Å². The second kappa shape index (κ2) is 6.67. The summed E-state index contributed by atoms with van der Waals surface area (Å²) in [5.41, 5.74) is 0.00184. The summed E-state index contributed by atoms with van der Waals surface area (Å²) in [5.74, 6) is 0. The van der Waals surface area contributed by atoms with Crippen molar-refractivity contribution in [1.29, 1.82) is 0 Å². The van der Waals surface area contributed by atoms with Gasteiger partial charge in [0.2, 0.25) is 10.0 Å². The van der Waals surface area contributed by atoms with Crippen molar-refractivity contribution in [2.75, 3.05) is 6.26 Å². The van der Waals surface area contributed by atoms with Gasteiger partial charge < -0.3 is 0 Å². The van der Waals surface area contributed by atoms with Crippen LogP contribution in [0, 0.1) is 10.1 Å². The topological polar surface area (TPSA) is 123 Å². The Bertz CT molecular complexity index is 967. The Hall–Kier alpha value is -2.30. The zero-order chi connectivity index (χ0) is 18.0. The maximum atomic E-state index is 12.2. The molecule has 1 N–H and O–H groups in total. The summed E-state index contributed by atoms with van der Waals surface area (Å²) in [4.78, 5) is 9.85. The van der Waals surface area contributed by atoms with Gasteiger partial charge in [0.05, 0.1) is 9.82 Å². The quantitative estimate of drug-likeness (QED) is 0.607. The Morgan fingerprint density at radius 3 is 2.12 bits per heavy atom. The zero-order valence-corrected chi connectivity index (χ0v) is 14.2. The average Bonchev–Trinajstić information content (AvgIpc) is 2.52. The van der Waals surface area contributed by atoms with Crippen molar-refractivity contribution >= 4 is 25.5 Å². The molecule has 0 fully saturated rings. The summed E-state index contributed by atoms with van der Waals surface area (Å²) in [6, 6.07) is 10.7. The first-order valence-electron chi connectivity index (χ1n) is 6.63. The van der Waals surface area contributed by atoms with Gasteiger partial charge in [0, 0.05) is 18.9 Å². The van der Waals surface area contributed by atoms with Crippen molar-refractivity contribution in [2.24, 2.45) is 0 Å². The van der Waals surface area contributed by atoms with Gasteiger partial charge in [-0.1, -0.05) is 24.3 Å². The van der Waals surface area contributed by atoms with Gasteiger partial charge >= 0.3 is 0 Å². The summed E-state index contributed by atoms with van der Waals surface area (Å²) in [6.45, 7) is -0.127. The second-order valence-corrected chi connectivity index (χ2v) is 8.72. The third-order valence-corrected chi connectivity index (χ3v) is 5.75. The van der Waals surface area contributed by atoms with E-state index in [1.54, 1.807) is 0 Å². The summed E-state index contributed by atoms with van der Waals surface area (Å²) in [6.07, 6.45) is 1.07. The van der Waals surface area contributed by atoms with E-state index in [-0.39, 0.29) is 11.4 Å². The monoisotopic (exact) mass is 370 g/mol. The molecule has 0 heterocycles. The van der Waals surface area contributed by atoms with E-state index in [0.29, 0.717) is 5.56 Å². The van der Waals surface area contributed by atoms with Crippen molar-refractivity contribution in [3.05, 3.63) is 64.2 Å². The van der Waals surface area contributed by atoms with Gasteiger partial charge in [-0.05, 0) is 23.8 Å². The highest BCUT2D eigenvalue weighted by Gasteiger charge is 2.24. The van der Waals surface area contributed by atoms with Crippen molar-refractivity contribution in [3.63, 3.8) is 0 Å². The lowest BCUT2D eigenvalue weighted by Crippen LogP contribution is -2.24. The average molecular weight is 370 g/mol. The van der Waals surface area contributed by atoms with Crippen LogP contribution in [-0.2, 0) is 26.4 Å². The summed E-state index contributed by atoms with van der Waals surface area (Å²) < 4.78 is 49.5. The number of nitro benzene ring substituents is 1. The summed E-state index contributed by atoms with van der Waals surface area (Å²) in [7, 11) is -7.42. The minimum absolute atomic E-state index is 0.118. The Kier molecular flexibility index (Phi) is 5.02. The molecule has 0 unspecified atom stereocenters. The Morgan fingerprint density at radius 2 is 1.58 bits per heavy atom. The number of hydrogen-bond acceptors (Lipinski definition) is 6. The predicted molar refractivity (Wildman–Crippen MR) is 86.7 cm³/mol. The minimum atomic E-state index is -4.08. The van der Waals surface area contributed by atoms with Gasteiger partial charge in [0.1, 0.15) is 0 Å².